The van der Waals surface area contributed by atoms with Crippen LogP contribution in [0.4, 0.5) is 0 Å². The fraction of sp³-hybridized carbons (Fsp3) is 0. The van der Waals surface area contributed by atoms with Crippen molar-refractivity contribution < 1.29 is 14.6 Å². The molecule has 8 heteroatoms. The number of ether oxygens (including phenoxy) is 1. The minimum atomic E-state index is -1.15. The summed E-state index contributed by atoms with van der Waals surface area (Å²) in [5.41, 5.74) is -0.0591. The Morgan fingerprint density at radius 3 is 2.30 bits per heavy atom. The molecule has 104 valence electrons. The minimum absolute atomic E-state index is 0.0175. The van der Waals surface area contributed by atoms with Gasteiger partial charge in [-0.05, 0) is 12.1 Å². The Labute approximate surface area is 133 Å². The summed E-state index contributed by atoms with van der Waals surface area (Å²) in [6, 6.07) is 5.22. The third kappa shape index (κ3) is 3.46. The van der Waals surface area contributed by atoms with Gasteiger partial charge in [-0.2, -0.15) is 0 Å². The van der Waals surface area contributed by atoms with Crippen LogP contribution in [0.3, 0.4) is 0 Å². The van der Waals surface area contributed by atoms with E-state index in [9.17, 15) is 4.79 Å². The molecule has 2 rings (SSSR count). The van der Waals surface area contributed by atoms with Crippen molar-refractivity contribution in [2.75, 3.05) is 0 Å². The molecule has 0 amide bonds. The van der Waals surface area contributed by atoms with Crippen LogP contribution in [-0.2, 0) is 0 Å². The molecule has 0 saturated heterocycles. The van der Waals surface area contributed by atoms with Crippen molar-refractivity contribution in [3.63, 3.8) is 0 Å². The third-order valence-corrected chi connectivity index (χ3v) is 3.42. The molecule has 0 aliphatic heterocycles. The van der Waals surface area contributed by atoms with Crippen molar-refractivity contribution in [2.24, 2.45) is 0 Å². The lowest BCUT2D eigenvalue weighted by Crippen LogP contribution is -1.99. The number of nitrogens with zero attached hydrogens (tertiary/aromatic N) is 1. The highest BCUT2D eigenvalue weighted by Gasteiger charge is 2.12. The van der Waals surface area contributed by atoms with E-state index in [1.165, 1.54) is 24.3 Å². The summed E-state index contributed by atoms with van der Waals surface area (Å²) >= 11 is 23.3. The predicted octanol–water partition coefficient (Wildman–Crippen LogP) is 5.19. The Bertz CT molecular complexity index is 691. The topological polar surface area (TPSA) is 59.4 Å². The van der Waals surface area contributed by atoms with E-state index >= 15 is 0 Å². The van der Waals surface area contributed by atoms with Gasteiger partial charge in [0, 0.05) is 12.1 Å². The van der Waals surface area contributed by atoms with Gasteiger partial charge in [0.05, 0.1) is 20.6 Å². The van der Waals surface area contributed by atoms with Crippen LogP contribution in [0.15, 0.2) is 24.3 Å². The summed E-state index contributed by atoms with van der Waals surface area (Å²) in [5.74, 6) is -0.984. The number of benzene rings is 1. The van der Waals surface area contributed by atoms with Crippen LogP contribution in [0, 0.1) is 0 Å². The third-order valence-electron chi connectivity index (χ3n) is 2.21. The molecule has 0 aliphatic carbocycles. The highest BCUT2D eigenvalue weighted by Crippen LogP contribution is 2.36. The minimum Gasteiger partial charge on any atom is -0.478 e. The first-order valence-electron chi connectivity index (χ1n) is 5.10. The van der Waals surface area contributed by atoms with E-state index in [0.717, 1.165) is 0 Å². The molecule has 1 aromatic heterocycles. The number of pyridine rings is 1. The molecule has 4 nitrogen and oxygen atoms in total. The van der Waals surface area contributed by atoms with E-state index in [4.69, 9.17) is 56.2 Å². The van der Waals surface area contributed by atoms with Gasteiger partial charge in [0.1, 0.15) is 10.9 Å². The van der Waals surface area contributed by atoms with Gasteiger partial charge in [-0.3, -0.25) is 0 Å². The number of rotatable bonds is 3. The van der Waals surface area contributed by atoms with E-state index in [1.54, 1.807) is 0 Å². The zero-order chi connectivity index (χ0) is 14.9. The molecule has 0 atom stereocenters. The summed E-state index contributed by atoms with van der Waals surface area (Å²) in [6.07, 6.45) is 0. The van der Waals surface area contributed by atoms with Gasteiger partial charge >= 0.3 is 5.97 Å². The standard InChI is InChI=1S/C12H5Cl4NO3/c13-6-3-8(15)9(4-7(6)14)20-11-2-5(12(18)19)1-10(16)17-11/h1-4H,(H,18,19). The van der Waals surface area contributed by atoms with E-state index in [1.807, 2.05) is 0 Å². The van der Waals surface area contributed by atoms with E-state index < -0.39 is 5.97 Å². The van der Waals surface area contributed by atoms with Crippen LogP contribution in [-0.4, -0.2) is 16.1 Å². The quantitative estimate of drug-likeness (QED) is 0.610. The molecule has 0 aliphatic rings. The summed E-state index contributed by atoms with van der Waals surface area (Å²) in [7, 11) is 0. The van der Waals surface area contributed by atoms with Crippen LogP contribution in [0.5, 0.6) is 11.6 Å². The van der Waals surface area contributed by atoms with Crippen molar-refractivity contribution >= 4 is 52.4 Å². The number of hydrogen-bond donors (Lipinski definition) is 1. The molecule has 1 heterocycles. The molecule has 1 aromatic carbocycles. The van der Waals surface area contributed by atoms with Gasteiger partial charge in [-0.25, -0.2) is 9.78 Å². The molecule has 1 N–H and O–H groups in total. The van der Waals surface area contributed by atoms with Gasteiger partial charge in [-0.1, -0.05) is 46.4 Å². The van der Waals surface area contributed by atoms with Crippen molar-refractivity contribution in [1.82, 2.24) is 4.98 Å². The number of carboxylic acids is 1. The predicted molar refractivity (Wildman–Crippen MR) is 77.8 cm³/mol. The molecule has 0 unspecified atom stereocenters. The molecular formula is C12H5Cl4NO3. The first kappa shape index (κ1) is 15.2. The highest BCUT2D eigenvalue weighted by molar-refractivity contribution is 6.43. The Hall–Kier alpha value is -1.20. The largest absolute Gasteiger partial charge is 0.478 e. The molecule has 0 bridgehead atoms. The summed E-state index contributed by atoms with van der Waals surface area (Å²) < 4.78 is 5.38. The lowest BCUT2D eigenvalue weighted by molar-refractivity contribution is 0.0696. The summed E-state index contributed by atoms with van der Waals surface area (Å²) in [5, 5.41) is 9.63. The second-order valence-corrected chi connectivity index (χ2v) is 5.23. The molecular weight excluding hydrogens is 348 g/mol. The highest BCUT2D eigenvalue weighted by atomic mass is 35.5. The Morgan fingerprint density at radius 1 is 1.00 bits per heavy atom. The molecule has 0 spiro atoms. The maximum atomic E-state index is 10.9. The normalized spacial score (nSPS) is 10.4. The maximum absolute atomic E-state index is 10.9. The number of aromatic carboxylic acids is 1. The monoisotopic (exact) mass is 351 g/mol. The molecule has 20 heavy (non-hydrogen) atoms. The number of halogens is 4. The SMILES string of the molecule is O=C(O)c1cc(Cl)nc(Oc2cc(Cl)c(Cl)cc2Cl)c1. The summed E-state index contributed by atoms with van der Waals surface area (Å²) in [6.45, 7) is 0. The van der Waals surface area contributed by atoms with Crippen molar-refractivity contribution in [3.8, 4) is 11.6 Å². The van der Waals surface area contributed by atoms with Crippen molar-refractivity contribution in [3.05, 3.63) is 50.0 Å². The Kier molecular flexibility index (Phi) is 4.60. The van der Waals surface area contributed by atoms with Gasteiger partial charge in [-0.15, -0.1) is 0 Å². The first-order valence-corrected chi connectivity index (χ1v) is 6.61. The van der Waals surface area contributed by atoms with Gasteiger partial charge < -0.3 is 9.84 Å². The molecule has 0 fully saturated rings. The smallest absolute Gasteiger partial charge is 0.335 e. The van der Waals surface area contributed by atoms with E-state index in [-0.39, 0.29) is 37.4 Å². The molecule has 0 saturated carbocycles. The van der Waals surface area contributed by atoms with Gasteiger partial charge in [0.15, 0.2) is 0 Å². The summed E-state index contributed by atoms with van der Waals surface area (Å²) in [4.78, 5) is 14.8. The number of carbonyl (C=O) groups is 1. The van der Waals surface area contributed by atoms with Crippen molar-refractivity contribution in [1.29, 1.82) is 0 Å². The molecule has 0 radical (unpaired) electrons. The maximum Gasteiger partial charge on any atom is 0.335 e. The van der Waals surface area contributed by atoms with Gasteiger partial charge in [0.25, 0.3) is 0 Å². The number of hydrogen-bond acceptors (Lipinski definition) is 3. The Balaban J connectivity index is 2.40. The van der Waals surface area contributed by atoms with Crippen LogP contribution in [0.1, 0.15) is 10.4 Å². The number of carboxylic acid groups (broad SMARTS) is 1. The lowest BCUT2D eigenvalue weighted by atomic mass is 10.3. The van der Waals surface area contributed by atoms with Crippen LogP contribution in [0.25, 0.3) is 0 Å². The average molecular weight is 353 g/mol. The van der Waals surface area contributed by atoms with E-state index in [2.05, 4.69) is 4.98 Å². The number of aromatic nitrogens is 1. The fourth-order valence-electron chi connectivity index (χ4n) is 1.34. The van der Waals surface area contributed by atoms with Gasteiger partial charge in [0.2, 0.25) is 5.88 Å². The first-order chi connectivity index (χ1) is 9.36. The van der Waals surface area contributed by atoms with Crippen LogP contribution in [0.2, 0.25) is 20.2 Å². The zero-order valence-corrected chi connectivity index (χ0v) is 12.6. The van der Waals surface area contributed by atoms with E-state index in [0.29, 0.717) is 0 Å². The van der Waals surface area contributed by atoms with Crippen LogP contribution < -0.4 is 4.74 Å². The fourth-order valence-corrected chi connectivity index (χ4v) is 2.12. The lowest BCUT2D eigenvalue weighted by Gasteiger charge is -2.09. The second kappa shape index (κ2) is 6.06. The molecule has 2 aromatic rings. The average Bonchev–Trinajstić information content (AvgIpc) is 2.35. The van der Waals surface area contributed by atoms with Crippen molar-refractivity contribution in [2.45, 2.75) is 0 Å². The second-order valence-electron chi connectivity index (χ2n) is 3.62. The van der Waals surface area contributed by atoms with Crippen LogP contribution >= 0.6 is 46.4 Å². The zero-order valence-electron chi connectivity index (χ0n) is 9.53. The Morgan fingerprint density at radius 2 is 1.65 bits per heavy atom.